The van der Waals surface area contributed by atoms with E-state index in [-0.39, 0.29) is 22.8 Å². The van der Waals surface area contributed by atoms with Crippen LogP contribution in [-0.2, 0) is 0 Å². The third-order valence-electron chi connectivity index (χ3n) is 3.51. The summed E-state index contributed by atoms with van der Waals surface area (Å²) in [6, 6.07) is 1.39. The molecule has 6 heteroatoms. The Morgan fingerprint density at radius 2 is 1.61 bits per heavy atom. The van der Waals surface area contributed by atoms with Crippen LogP contribution in [0.1, 0.15) is 49.4 Å². The molecule has 0 saturated carbocycles. The second-order valence-corrected chi connectivity index (χ2v) is 5.09. The summed E-state index contributed by atoms with van der Waals surface area (Å²) < 4.78 is 21.4. The van der Waals surface area contributed by atoms with E-state index in [1.54, 1.807) is 0 Å². The van der Waals surface area contributed by atoms with Gasteiger partial charge in [0, 0.05) is 6.07 Å². The Balaban J connectivity index is 3.00. The first-order valence-electron chi connectivity index (χ1n) is 7.79. The van der Waals surface area contributed by atoms with E-state index in [1.807, 2.05) is 0 Å². The minimum atomic E-state index is -1.11. The molecule has 0 aliphatic rings. The van der Waals surface area contributed by atoms with Gasteiger partial charge in [-0.05, 0) is 6.42 Å². The van der Waals surface area contributed by atoms with E-state index in [4.69, 9.17) is 18.9 Å². The first-order chi connectivity index (χ1) is 11.1. The van der Waals surface area contributed by atoms with Crippen molar-refractivity contribution in [2.24, 2.45) is 0 Å². The molecule has 0 heterocycles. The summed E-state index contributed by atoms with van der Waals surface area (Å²) in [7, 11) is 4.35. The zero-order chi connectivity index (χ0) is 17.2. The van der Waals surface area contributed by atoms with Crippen molar-refractivity contribution in [2.75, 3.05) is 27.9 Å². The summed E-state index contributed by atoms with van der Waals surface area (Å²) in [6.07, 6.45) is 5.42. The third-order valence-corrected chi connectivity index (χ3v) is 3.51. The predicted octanol–water partition coefficient (Wildman–Crippen LogP) is 3.76. The minimum absolute atomic E-state index is 0.00643. The molecule has 1 N–H and O–H groups in total. The Bertz CT molecular complexity index is 512. The normalized spacial score (nSPS) is 10.3. The molecule has 0 amide bonds. The molecule has 23 heavy (non-hydrogen) atoms. The van der Waals surface area contributed by atoms with Gasteiger partial charge in [0.25, 0.3) is 0 Å². The molecule has 0 atom stereocenters. The van der Waals surface area contributed by atoms with Gasteiger partial charge in [-0.1, -0.05) is 32.6 Å². The zero-order valence-electron chi connectivity index (χ0n) is 14.3. The average molecular weight is 326 g/mol. The summed E-state index contributed by atoms with van der Waals surface area (Å²) in [6.45, 7) is 2.58. The second kappa shape index (κ2) is 9.82. The maximum Gasteiger partial charge on any atom is 0.339 e. The van der Waals surface area contributed by atoms with Crippen molar-refractivity contribution in [1.29, 1.82) is 0 Å². The van der Waals surface area contributed by atoms with E-state index in [0.717, 1.165) is 19.3 Å². The van der Waals surface area contributed by atoms with Crippen LogP contribution in [0.3, 0.4) is 0 Å². The second-order valence-electron chi connectivity index (χ2n) is 5.09. The number of carboxylic acid groups (broad SMARTS) is 1. The van der Waals surface area contributed by atoms with E-state index >= 15 is 0 Å². The van der Waals surface area contributed by atoms with E-state index < -0.39 is 5.97 Å². The first-order valence-corrected chi connectivity index (χ1v) is 7.79. The fourth-order valence-corrected chi connectivity index (χ4v) is 2.31. The van der Waals surface area contributed by atoms with E-state index in [1.165, 1.54) is 40.2 Å². The Kier molecular flexibility index (Phi) is 8.08. The monoisotopic (exact) mass is 326 g/mol. The number of aromatic carboxylic acids is 1. The lowest BCUT2D eigenvalue weighted by Gasteiger charge is -2.18. The topological polar surface area (TPSA) is 74.2 Å². The molecule has 0 radical (unpaired) electrons. The molecule has 0 fully saturated rings. The number of benzene rings is 1. The number of ether oxygens (including phenoxy) is 4. The minimum Gasteiger partial charge on any atom is -0.493 e. The molecule has 0 unspecified atom stereocenters. The number of rotatable bonds is 11. The third kappa shape index (κ3) is 4.94. The fourth-order valence-electron chi connectivity index (χ4n) is 2.31. The van der Waals surface area contributed by atoms with Crippen LogP contribution in [0.5, 0.6) is 23.0 Å². The largest absolute Gasteiger partial charge is 0.493 e. The molecular formula is C17H26O6. The van der Waals surface area contributed by atoms with Gasteiger partial charge in [-0.2, -0.15) is 0 Å². The highest BCUT2D eigenvalue weighted by Crippen LogP contribution is 2.46. The zero-order valence-corrected chi connectivity index (χ0v) is 14.3. The van der Waals surface area contributed by atoms with Gasteiger partial charge in [0.15, 0.2) is 11.5 Å². The van der Waals surface area contributed by atoms with Gasteiger partial charge in [0.1, 0.15) is 5.56 Å². The standard InChI is InChI=1S/C17H26O6/c1-5-6-7-8-9-10-23-14-12(17(18)19)11-13(20-2)15(21-3)16(14)22-4/h11H,5-10H2,1-4H3,(H,18,19). The molecule has 6 nitrogen and oxygen atoms in total. The number of methoxy groups -OCH3 is 3. The summed E-state index contributed by atoms with van der Waals surface area (Å²) in [5, 5.41) is 9.41. The van der Waals surface area contributed by atoms with E-state index in [2.05, 4.69) is 6.92 Å². The summed E-state index contributed by atoms with van der Waals surface area (Å²) >= 11 is 0. The van der Waals surface area contributed by atoms with Crippen LogP contribution in [0, 0.1) is 0 Å². The maximum absolute atomic E-state index is 11.5. The van der Waals surface area contributed by atoms with Gasteiger partial charge in [-0.25, -0.2) is 4.79 Å². The van der Waals surface area contributed by atoms with Gasteiger partial charge >= 0.3 is 5.97 Å². The van der Waals surface area contributed by atoms with Crippen LogP contribution in [0.4, 0.5) is 0 Å². The van der Waals surface area contributed by atoms with Crippen molar-refractivity contribution in [3.63, 3.8) is 0 Å². The lowest BCUT2D eigenvalue weighted by atomic mass is 10.1. The van der Waals surface area contributed by atoms with Crippen molar-refractivity contribution in [3.05, 3.63) is 11.6 Å². The van der Waals surface area contributed by atoms with Gasteiger partial charge < -0.3 is 24.1 Å². The quantitative estimate of drug-likeness (QED) is 0.624. The molecule has 1 aromatic carbocycles. The van der Waals surface area contributed by atoms with Gasteiger partial charge in [-0.3, -0.25) is 0 Å². The Morgan fingerprint density at radius 3 is 2.13 bits per heavy atom. The Morgan fingerprint density at radius 1 is 0.957 bits per heavy atom. The van der Waals surface area contributed by atoms with Gasteiger partial charge in [-0.15, -0.1) is 0 Å². The predicted molar refractivity (Wildman–Crippen MR) is 87.3 cm³/mol. The average Bonchev–Trinajstić information content (AvgIpc) is 2.56. The summed E-state index contributed by atoms with van der Waals surface area (Å²) in [5.74, 6) is -0.0887. The number of unbranched alkanes of at least 4 members (excludes halogenated alkanes) is 4. The Labute approximate surface area is 137 Å². The lowest BCUT2D eigenvalue weighted by Crippen LogP contribution is -2.08. The molecule has 0 aromatic heterocycles. The molecule has 0 aliphatic carbocycles. The van der Waals surface area contributed by atoms with Gasteiger partial charge in [0.2, 0.25) is 11.5 Å². The number of hydrogen-bond donors (Lipinski definition) is 1. The van der Waals surface area contributed by atoms with Crippen LogP contribution in [-0.4, -0.2) is 39.0 Å². The highest BCUT2D eigenvalue weighted by atomic mass is 16.5. The molecule has 0 bridgehead atoms. The van der Waals surface area contributed by atoms with E-state index in [0.29, 0.717) is 12.4 Å². The maximum atomic E-state index is 11.5. The van der Waals surface area contributed by atoms with Crippen LogP contribution in [0.25, 0.3) is 0 Å². The highest BCUT2D eigenvalue weighted by Gasteiger charge is 2.25. The van der Waals surface area contributed by atoms with E-state index in [9.17, 15) is 9.90 Å². The van der Waals surface area contributed by atoms with Crippen LogP contribution in [0.15, 0.2) is 6.07 Å². The lowest BCUT2D eigenvalue weighted by molar-refractivity contribution is 0.0690. The first kappa shape index (κ1) is 18.9. The van der Waals surface area contributed by atoms with Crippen LogP contribution >= 0.6 is 0 Å². The molecule has 1 rings (SSSR count). The van der Waals surface area contributed by atoms with Crippen molar-refractivity contribution in [2.45, 2.75) is 39.0 Å². The van der Waals surface area contributed by atoms with Gasteiger partial charge in [0.05, 0.1) is 27.9 Å². The van der Waals surface area contributed by atoms with Crippen molar-refractivity contribution >= 4 is 5.97 Å². The molecule has 0 saturated heterocycles. The summed E-state index contributed by atoms with van der Waals surface area (Å²) in [5.41, 5.74) is -0.00643. The van der Waals surface area contributed by atoms with Crippen LogP contribution in [0.2, 0.25) is 0 Å². The van der Waals surface area contributed by atoms with Crippen LogP contribution < -0.4 is 18.9 Å². The number of carbonyl (C=O) groups is 1. The number of carboxylic acids is 1. The Hall–Kier alpha value is -2.11. The molecule has 1 aromatic rings. The van der Waals surface area contributed by atoms with Crippen molar-refractivity contribution in [3.8, 4) is 23.0 Å². The molecule has 0 spiro atoms. The number of hydrogen-bond acceptors (Lipinski definition) is 5. The fraction of sp³-hybridized carbons (Fsp3) is 0.588. The smallest absolute Gasteiger partial charge is 0.339 e. The SMILES string of the molecule is CCCCCCCOc1c(C(=O)O)cc(OC)c(OC)c1OC. The van der Waals surface area contributed by atoms with Crippen molar-refractivity contribution < 1.29 is 28.8 Å². The van der Waals surface area contributed by atoms with Crippen molar-refractivity contribution in [1.82, 2.24) is 0 Å². The summed E-state index contributed by atoms with van der Waals surface area (Å²) in [4.78, 5) is 11.5. The highest BCUT2D eigenvalue weighted by molar-refractivity contribution is 5.93. The molecular weight excluding hydrogens is 300 g/mol. The molecule has 130 valence electrons. The molecule has 0 aliphatic heterocycles.